The molecule has 1 aromatic rings. The molecular weight excluding hydrogens is 274 g/mol. The molecule has 1 fully saturated rings. The van der Waals surface area contributed by atoms with E-state index in [2.05, 4.69) is 4.99 Å². The molecule has 0 bridgehead atoms. The molecule has 1 atom stereocenters. The van der Waals surface area contributed by atoms with Gasteiger partial charge in [0.1, 0.15) is 12.7 Å². The monoisotopic (exact) mass is 293 g/mol. The Balaban J connectivity index is 1.82. The molecule has 0 spiro atoms. The van der Waals surface area contributed by atoms with Crippen LogP contribution in [-0.2, 0) is 9.47 Å². The lowest BCUT2D eigenvalue weighted by molar-refractivity contribution is 0.0346. The maximum atomic E-state index is 11.8. The second kappa shape index (κ2) is 6.31. The summed E-state index contributed by atoms with van der Waals surface area (Å²) in [6.07, 6.45) is -0.117. The van der Waals surface area contributed by atoms with Crippen molar-refractivity contribution in [3.05, 3.63) is 35.9 Å². The average molecular weight is 293 g/mol. The van der Waals surface area contributed by atoms with E-state index < -0.39 is 0 Å². The minimum absolute atomic E-state index is 0.117. The summed E-state index contributed by atoms with van der Waals surface area (Å²) in [6.45, 7) is 6.32. The van der Waals surface area contributed by atoms with Crippen LogP contribution in [0.1, 0.15) is 31.1 Å². The average Bonchev–Trinajstić information content (AvgIpc) is 2.82. The molecule has 0 unspecified atom stereocenters. The van der Waals surface area contributed by atoms with E-state index >= 15 is 0 Å². The van der Waals surface area contributed by atoms with Crippen LogP contribution in [0.25, 0.3) is 0 Å². The Hall–Kier alpha value is -1.49. The van der Waals surface area contributed by atoms with Crippen LogP contribution in [-0.4, -0.2) is 35.2 Å². The highest BCUT2D eigenvalue weighted by atomic mass is 32.2. The molecular formula is C15H19NO3S. The van der Waals surface area contributed by atoms with Gasteiger partial charge in [0.25, 0.3) is 0 Å². The minimum atomic E-state index is -0.319. The third-order valence-corrected chi connectivity index (χ3v) is 3.47. The summed E-state index contributed by atoms with van der Waals surface area (Å²) in [5, 5.41) is 0.679. The third-order valence-electron chi connectivity index (χ3n) is 2.50. The molecule has 0 amide bonds. The van der Waals surface area contributed by atoms with E-state index in [9.17, 15) is 4.79 Å². The summed E-state index contributed by atoms with van der Waals surface area (Å²) < 4.78 is 10.9. The number of nitrogens with zero attached hydrogens (tertiary/aromatic N) is 1. The van der Waals surface area contributed by atoms with Gasteiger partial charge >= 0.3 is 5.97 Å². The first-order chi connectivity index (χ1) is 9.44. The molecule has 1 saturated heterocycles. The van der Waals surface area contributed by atoms with Crippen molar-refractivity contribution in [1.29, 1.82) is 0 Å². The summed E-state index contributed by atoms with van der Waals surface area (Å²) >= 11 is 1.56. The molecule has 0 aliphatic carbocycles. The van der Waals surface area contributed by atoms with Crippen molar-refractivity contribution >= 4 is 23.0 Å². The number of ether oxygens (including phenoxy) is 2. The van der Waals surface area contributed by atoms with Gasteiger partial charge in [0.2, 0.25) is 5.23 Å². The molecule has 1 heterocycles. The van der Waals surface area contributed by atoms with Crippen molar-refractivity contribution in [3.8, 4) is 0 Å². The van der Waals surface area contributed by atoms with Gasteiger partial charge in [-0.25, -0.2) is 9.79 Å². The summed E-state index contributed by atoms with van der Waals surface area (Å²) in [7, 11) is 0. The Labute approximate surface area is 123 Å². The fraction of sp³-hybridized carbons (Fsp3) is 0.467. The smallest absolute Gasteiger partial charge is 0.338 e. The van der Waals surface area contributed by atoms with Gasteiger partial charge in [-0.2, -0.15) is 0 Å². The second-order valence-corrected chi connectivity index (χ2v) is 6.54. The van der Waals surface area contributed by atoms with Crippen LogP contribution in [0.4, 0.5) is 0 Å². The summed E-state index contributed by atoms with van der Waals surface area (Å²) in [4.78, 5) is 16.3. The summed E-state index contributed by atoms with van der Waals surface area (Å²) in [5.41, 5.74) is 0.402. The molecule has 1 aliphatic heterocycles. The molecule has 5 heteroatoms. The number of hydrogen-bond acceptors (Lipinski definition) is 5. The molecule has 108 valence electrons. The first kappa shape index (κ1) is 14.9. The predicted molar refractivity (Wildman–Crippen MR) is 81.2 cm³/mol. The Kier molecular flexibility index (Phi) is 4.70. The lowest BCUT2D eigenvalue weighted by atomic mass is 10.1. The summed E-state index contributed by atoms with van der Waals surface area (Å²) in [6, 6.07) is 8.96. The lowest BCUT2D eigenvalue weighted by Crippen LogP contribution is -2.21. The fourth-order valence-electron chi connectivity index (χ4n) is 1.62. The standard InChI is InChI=1S/C15H19NO3S/c1-15(2,3)16-14-19-12(10-20-14)9-18-13(17)11-7-5-4-6-8-11/h4-8,12H,9-10H2,1-3H3/t12-/m0/s1. The normalized spacial score (nSPS) is 20.8. The molecule has 0 radical (unpaired) electrons. The van der Waals surface area contributed by atoms with Crippen LogP contribution in [0.5, 0.6) is 0 Å². The molecule has 2 rings (SSSR count). The van der Waals surface area contributed by atoms with Crippen molar-refractivity contribution in [3.63, 3.8) is 0 Å². The number of hydrogen-bond donors (Lipinski definition) is 0. The zero-order valence-electron chi connectivity index (χ0n) is 12.0. The van der Waals surface area contributed by atoms with Crippen LogP contribution < -0.4 is 0 Å². The second-order valence-electron chi connectivity index (χ2n) is 5.56. The van der Waals surface area contributed by atoms with Gasteiger partial charge < -0.3 is 9.47 Å². The van der Waals surface area contributed by atoms with E-state index in [1.165, 1.54) is 0 Å². The first-order valence-electron chi connectivity index (χ1n) is 6.55. The van der Waals surface area contributed by atoms with Gasteiger partial charge in [-0.05, 0) is 32.9 Å². The zero-order valence-corrected chi connectivity index (χ0v) is 12.8. The van der Waals surface area contributed by atoms with Gasteiger partial charge in [-0.1, -0.05) is 30.0 Å². The van der Waals surface area contributed by atoms with Crippen LogP contribution in [0, 0.1) is 0 Å². The molecule has 0 saturated carbocycles. The Bertz CT molecular complexity index is 494. The highest BCUT2D eigenvalue weighted by Gasteiger charge is 2.26. The number of benzene rings is 1. The number of esters is 1. The number of rotatable bonds is 3. The zero-order chi connectivity index (χ0) is 14.6. The predicted octanol–water partition coefficient (Wildman–Crippen LogP) is 3.13. The molecule has 1 aliphatic rings. The van der Waals surface area contributed by atoms with E-state index in [0.29, 0.717) is 10.8 Å². The van der Waals surface area contributed by atoms with Gasteiger partial charge in [-0.15, -0.1) is 0 Å². The van der Waals surface area contributed by atoms with Gasteiger partial charge in [-0.3, -0.25) is 0 Å². The van der Waals surface area contributed by atoms with Crippen molar-refractivity contribution in [2.75, 3.05) is 12.4 Å². The molecule has 4 nitrogen and oxygen atoms in total. The molecule has 0 N–H and O–H groups in total. The van der Waals surface area contributed by atoms with Crippen molar-refractivity contribution < 1.29 is 14.3 Å². The maximum absolute atomic E-state index is 11.8. The van der Waals surface area contributed by atoms with Gasteiger partial charge in [0, 0.05) is 5.75 Å². The van der Waals surface area contributed by atoms with E-state index in [4.69, 9.17) is 9.47 Å². The Morgan fingerprint density at radius 3 is 2.75 bits per heavy atom. The first-order valence-corrected chi connectivity index (χ1v) is 7.54. The fourth-order valence-corrected chi connectivity index (χ4v) is 2.65. The van der Waals surface area contributed by atoms with Gasteiger partial charge in [0.15, 0.2) is 0 Å². The molecule has 1 aromatic carbocycles. The van der Waals surface area contributed by atoms with E-state index in [-0.39, 0.29) is 24.2 Å². The lowest BCUT2D eigenvalue weighted by Gasteiger charge is -2.14. The Morgan fingerprint density at radius 2 is 2.10 bits per heavy atom. The molecule has 20 heavy (non-hydrogen) atoms. The van der Waals surface area contributed by atoms with Crippen molar-refractivity contribution in [2.24, 2.45) is 4.99 Å². The highest BCUT2D eigenvalue weighted by Crippen LogP contribution is 2.23. The number of carbonyl (C=O) groups excluding carboxylic acids is 1. The quantitative estimate of drug-likeness (QED) is 0.803. The minimum Gasteiger partial charge on any atom is -0.465 e. The summed E-state index contributed by atoms with van der Waals surface area (Å²) in [5.74, 6) is 0.442. The van der Waals surface area contributed by atoms with E-state index in [1.807, 2.05) is 39.0 Å². The number of aliphatic imine (C=N–C) groups is 1. The molecule has 0 aromatic heterocycles. The number of thioether (sulfide) groups is 1. The van der Waals surface area contributed by atoms with Crippen LogP contribution in [0.15, 0.2) is 35.3 Å². The maximum Gasteiger partial charge on any atom is 0.338 e. The largest absolute Gasteiger partial charge is 0.465 e. The van der Waals surface area contributed by atoms with E-state index in [0.717, 1.165) is 5.75 Å². The van der Waals surface area contributed by atoms with Gasteiger partial charge in [0.05, 0.1) is 11.1 Å². The van der Waals surface area contributed by atoms with Crippen LogP contribution >= 0.6 is 11.8 Å². The Morgan fingerprint density at radius 1 is 1.40 bits per heavy atom. The van der Waals surface area contributed by atoms with Crippen molar-refractivity contribution in [1.82, 2.24) is 0 Å². The van der Waals surface area contributed by atoms with E-state index in [1.54, 1.807) is 23.9 Å². The van der Waals surface area contributed by atoms with Crippen LogP contribution in [0.3, 0.4) is 0 Å². The van der Waals surface area contributed by atoms with Crippen molar-refractivity contribution in [2.45, 2.75) is 32.4 Å². The number of carbonyl (C=O) groups is 1. The highest BCUT2D eigenvalue weighted by molar-refractivity contribution is 8.13. The third kappa shape index (κ3) is 4.56. The SMILES string of the molecule is CC(C)(C)N=C1O[C@@H](COC(=O)c2ccccc2)CS1. The topological polar surface area (TPSA) is 47.9 Å². The van der Waals surface area contributed by atoms with Crippen LogP contribution in [0.2, 0.25) is 0 Å².